The van der Waals surface area contributed by atoms with Crippen molar-refractivity contribution in [1.82, 2.24) is 9.62 Å². The molecule has 0 aliphatic carbocycles. The van der Waals surface area contributed by atoms with Gasteiger partial charge in [-0.1, -0.05) is 0 Å². The van der Waals surface area contributed by atoms with Crippen LogP contribution in [-0.2, 0) is 14.8 Å². The predicted octanol–water partition coefficient (Wildman–Crippen LogP) is 0.674. The molecule has 0 aromatic carbocycles. The Morgan fingerprint density at radius 1 is 1.21 bits per heavy atom. The molecule has 0 bridgehead atoms. The lowest BCUT2D eigenvalue weighted by Gasteiger charge is -2.33. The maximum Gasteiger partial charge on any atom is 0.214 e. The lowest BCUT2D eigenvalue weighted by molar-refractivity contribution is 0.118. The highest BCUT2D eigenvalue weighted by molar-refractivity contribution is 7.89. The van der Waals surface area contributed by atoms with Gasteiger partial charge in [0.15, 0.2) is 0 Å². The largest absolute Gasteiger partial charge is 0.384 e. The van der Waals surface area contributed by atoms with Gasteiger partial charge in [0.1, 0.15) is 0 Å². The molecule has 2 rings (SSSR count). The fourth-order valence-electron chi connectivity index (χ4n) is 3.10. The number of rotatable bonds is 5. The van der Waals surface area contributed by atoms with Gasteiger partial charge in [-0.25, -0.2) is 12.7 Å². The molecule has 1 atom stereocenters. The Labute approximate surface area is 116 Å². The summed E-state index contributed by atoms with van der Waals surface area (Å²) in [6.45, 7) is 3.90. The zero-order chi connectivity index (χ0) is 13.7. The van der Waals surface area contributed by atoms with Crippen molar-refractivity contribution in [2.75, 3.05) is 45.6 Å². The summed E-state index contributed by atoms with van der Waals surface area (Å²) in [6.07, 6.45) is 4.00. The molecule has 0 radical (unpaired) electrons. The lowest BCUT2D eigenvalue weighted by Crippen LogP contribution is -2.44. The average molecular weight is 290 g/mol. The van der Waals surface area contributed by atoms with Gasteiger partial charge in [-0.2, -0.15) is 0 Å². The average Bonchev–Trinajstić information content (AvgIpc) is 2.40. The number of ether oxygens (including phenoxy) is 1. The van der Waals surface area contributed by atoms with Crippen LogP contribution in [0.4, 0.5) is 0 Å². The summed E-state index contributed by atoms with van der Waals surface area (Å²) in [7, 11) is -1.40. The first kappa shape index (κ1) is 15.2. The molecule has 2 aliphatic rings. The van der Waals surface area contributed by atoms with Gasteiger partial charge in [0.25, 0.3) is 0 Å². The molecule has 2 fully saturated rings. The molecule has 112 valence electrons. The minimum Gasteiger partial charge on any atom is -0.384 e. The fraction of sp³-hybridized carbons (Fsp3) is 1.00. The number of nitrogens with one attached hydrogen (secondary N) is 1. The third-order valence-electron chi connectivity index (χ3n) is 4.18. The van der Waals surface area contributed by atoms with Crippen LogP contribution in [-0.4, -0.2) is 58.4 Å². The van der Waals surface area contributed by atoms with E-state index < -0.39 is 10.0 Å². The van der Waals surface area contributed by atoms with Crippen LogP contribution in [0.2, 0.25) is 0 Å². The highest BCUT2D eigenvalue weighted by atomic mass is 32.2. The molecule has 6 heteroatoms. The summed E-state index contributed by atoms with van der Waals surface area (Å²) < 4.78 is 31.8. The van der Waals surface area contributed by atoms with Crippen molar-refractivity contribution < 1.29 is 13.2 Å². The van der Waals surface area contributed by atoms with Crippen LogP contribution in [0.1, 0.15) is 25.7 Å². The molecule has 0 aromatic heterocycles. The third-order valence-corrected chi connectivity index (χ3v) is 6.19. The second kappa shape index (κ2) is 7.02. The van der Waals surface area contributed by atoms with E-state index >= 15 is 0 Å². The molecule has 0 saturated carbocycles. The minimum atomic E-state index is -3.08. The molecule has 2 saturated heterocycles. The van der Waals surface area contributed by atoms with Crippen LogP contribution in [0.25, 0.3) is 0 Å². The molecular weight excluding hydrogens is 264 g/mol. The number of hydrogen-bond acceptors (Lipinski definition) is 4. The minimum absolute atomic E-state index is 0.328. The SMILES string of the molecule is COCC1CCCN(S(=O)(=O)CC2CCNCC2)C1. The number of piperidine rings is 2. The fourth-order valence-corrected chi connectivity index (χ4v) is 5.09. The van der Waals surface area contributed by atoms with E-state index in [9.17, 15) is 8.42 Å². The second-order valence-corrected chi connectivity index (χ2v) is 7.81. The zero-order valence-corrected chi connectivity index (χ0v) is 12.6. The Bertz CT molecular complexity index is 364. The molecule has 2 heterocycles. The lowest BCUT2D eigenvalue weighted by atomic mass is 10.0. The molecule has 1 N–H and O–H groups in total. The summed E-state index contributed by atoms with van der Waals surface area (Å²) in [5.41, 5.74) is 0. The first-order valence-corrected chi connectivity index (χ1v) is 8.90. The van der Waals surface area contributed by atoms with Gasteiger partial charge in [-0.15, -0.1) is 0 Å². The maximum atomic E-state index is 12.5. The van der Waals surface area contributed by atoms with Gasteiger partial charge in [0.05, 0.1) is 12.4 Å². The van der Waals surface area contributed by atoms with Crippen molar-refractivity contribution in [3.63, 3.8) is 0 Å². The summed E-state index contributed by atoms with van der Waals surface area (Å²) in [5, 5.41) is 3.28. The van der Waals surface area contributed by atoms with E-state index in [4.69, 9.17) is 4.74 Å². The number of hydrogen-bond donors (Lipinski definition) is 1. The van der Waals surface area contributed by atoms with E-state index in [-0.39, 0.29) is 0 Å². The van der Waals surface area contributed by atoms with Crippen molar-refractivity contribution in [3.8, 4) is 0 Å². The molecule has 0 amide bonds. The van der Waals surface area contributed by atoms with Crippen LogP contribution in [0.15, 0.2) is 0 Å². The number of nitrogens with zero attached hydrogens (tertiary/aromatic N) is 1. The Morgan fingerprint density at radius 2 is 1.95 bits per heavy atom. The molecule has 0 aromatic rings. The monoisotopic (exact) mass is 290 g/mol. The van der Waals surface area contributed by atoms with E-state index in [2.05, 4.69) is 5.32 Å². The topological polar surface area (TPSA) is 58.6 Å². The Hall–Kier alpha value is -0.170. The van der Waals surface area contributed by atoms with Gasteiger partial charge in [-0.3, -0.25) is 0 Å². The highest BCUT2D eigenvalue weighted by Gasteiger charge is 2.31. The maximum absolute atomic E-state index is 12.5. The van der Waals surface area contributed by atoms with Crippen LogP contribution in [0, 0.1) is 11.8 Å². The Kier molecular flexibility index (Phi) is 5.62. The van der Waals surface area contributed by atoms with E-state index in [0.717, 1.165) is 38.8 Å². The normalized spacial score (nSPS) is 27.5. The van der Waals surface area contributed by atoms with E-state index in [1.54, 1.807) is 11.4 Å². The quantitative estimate of drug-likeness (QED) is 0.809. The molecule has 1 unspecified atom stereocenters. The van der Waals surface area contributed by atoms with Crippen molar-refractivity contribution in [2.45, 2.75) is 25.7 Å². The van der Waals surface area contributed by atoms with Gasteiger partial charge >= 0.3 is 0 Å². The van der Waals surface area contributed by atoms with Gasteiger partial charge in [-0.05, 0) is 50.6 Å². The van der Waals surface area contributed by atoms with Gasteiger partial charge < -0.3 is 10.1 Å². The standard InChI is InChI=1S/C13H26N2O3S/c1-18-10-13-3-2-8-15(9-13)19(16,17)11-12-4-6-14-7-5-12/h12-14H,2-11H2,1H3. The van der Waals surface area contributed by atoms with E-state index in [1.165, 1.54) is 0 Å². The summed E-state index contributed by atoms with van der Waals surface area (Å²) in [5.74, 6) is 1.02. The van der Waals surface area contributed by atoms with E-state index in [0.29, 0.717) is 37.3 Å². The summed E-state index contributed by atoms with van der Waals surface area (Å²) >= 11 is 0. The number of methoxy groups -OCH3 is 1. The third kappa shape index (κ3) is 4.41. The van der Waals surface area contributed by atoms with Gasteiger partial charge in [0.2, 0.25) is 10.0 Å². The molecule has 0 spiro atoms. The van der Waals surface area contributed by atoms with Crippen molar-refractivity contribution in [2.24, 2.45) is 11.8 Å². The predicted molar refractivity (Wildman–Crippen MR) is 75.6 cm³/mol. The molecule has 2 aliphatic heterocycles. The molecule has 19 heavy (non-hydrogen) atoms. The second-order valence-electron chi connectivity index (χ2n) is 5.79. The molecular formula is C13H26N2O3S. The smallest absolute Gasteiger partial charge is 0.214 e. The first-order valence-electron chi connectivity index (χ1n) is 7.29. The van der Waals surface area contributed by atoms with Crippen molar-refractivity contribution in [1.29, 1.82) is 0 Å². The van der Waals surface area contributed by atoms with Crippen LogP contribution in [0.3, 0.4) is 0 Å². The Balaban J connectivity index is 1.90. The zero-order valence-electron chi connectivity index (χ0n) is 11.8. The van der Waals surface area contributed by atoms with Crippen LogP contribution >= 0.6 is 0 Å². The van der Waals surface area contributed by atoms with Crippen molar-refractivity contribution >= 4 is 10.0 Å². The van der Waals surface area contributed by atoms with Crippen LogP contribution in [0.5, 0.6) is 0 Å². The Morgan fingerprint density at radius 3 is 2.63 bits per heavy atom. The van der Waals surface area contributed by atoms with Crippen molar-refractivity contribution in [3.05, 3.63) is 0 Å². The van der Waals surface area contributed by atoms with E-state index in [1.807, 2.05) is 0 Å². The van der Waals surface area contributed by atoms with Crippen LogP contribution < -0.4 is 5.32 Å². The molecule has 5 nitrogen and oxygen atoms in total. The number of sulfonamides is 1. The van der Waals surface area contributed by atoms with Gasteiger partial charge in [0, 0.05) is 20.2 Å². The highest BCUT2D eigenvalue weighted by Crippen LogP contribution is 2.22. The summed E-state index contributed by atoms with van der Waals surface area (Å²) in [6, 6.07) is 0. The summed E-state index contributed by atoms with van der Waals surface area (Å²) in [4.78, 5) is 0. The first-order chi connectivity index (χ1) is 9.12.